The number of carbonyl (C=O) groups excluding carboxylic acids is 1. The first kappa shape index (κ1) is 16.8. The Kier molecular flexibility index (Phi) is 6.97. The number of nitrogens with one attached hydrogen (secondary N) is 1. The zero-order valence-corrected chi connectivity index (χ0v) is 13.8. The van der Waals surface area contributed by atoms with Gasteiger partial charge in [-0.15, -0.1) is 0 Å². The molecule has 1 N–H and O–H groups in total. The molecule has 2 aliphatic rings. The van der Waals surface area contributed by atoms with Gasteiger partial charge in [0.1, 0.15) is 6.10 Å². The van der Waals surface area contributed by atoms with Crippen molar-refractivity contribution in [3.8, 4) is 0 Å². The quantitative estimate of drug-likeness (QED) is 0.819. The van der Waals surface area contributed by atoms with E-state index in [4.69, 9.17) is 4.74 Å². The minimum Gasteiger partial charge on any atom is -0.369 e. The van der Waals surface area contributed by atoms with Crippen LogP contribution in [0.25, 0.3) is 0 Å². The smallest absolute Gasteiger partial charge is 0.249 e. The highest BCUT2D eigenvalue weighted by atomic mass is 16.5. The number of amides is 1. The molecule has 0 radical (unpaired) electrons. The molecule has 0 spiro atoms. The monoisotopic (exact) mass is 296 g/mol. The van der Waals surface area contributed by atoms with Gasteiger partial charge >= 0.3 is 0 Å². The van der Waals surface area contributed by atoms with E-state index in [0.29, 0.717) is 12.6 Å². The summed E-state index contributed by atoms with van der Waals surface area (Å²) in [6, 6.07) is 0.336. The predicted octanol–water partition coefficient (Wildman–Crippen LogP) is 2.57. The molecule has 122 valence electrons. The molecule has 2 rings (SSSR count). The molecule has 1 aliphatic carbocycles. The van der Waals surface area contributed by atoms with E-state index in [1.54, 1.807) is 0 Å². The SMILES string of the molecule is CCOC(C)C(=O)NC1CCN(CC2CCCCC2)CC1. The minimum absolute atomic E-state index is 0.0441. The van der Waals surface area contributed by atoms with Crippen LogP contribution in [0, 0.1) is 5.92 Å². The first-order valence-corrected chi connectivity index (χ1v) is 8.83. The number of carbonyl (C=O) groups is 1. The van der Waals surface area contributed by atoms with Gasteiger partial charge in [0.25, 0.3) is 0 Å². The van der Waals surface area contributed by atoms with E-state index in [1.807, 2.05) is 13.8 Å². The largest absolute Gasteiger partial charge is 0.369 e. The van der Waals surface area contributed by atoms with Crippen LogP contribution < -0.4 is 5.32 Å². The van der Waals surface area contributed by atoms with Crippen molar-refractivity contribution >= 4 is 5.91 Å². The molecule has 4 heteroatoms. The van der Waals surface area contributed by atoms with Crippen molar-refractivity contribution < 1.29 is 9.53 Å². The number of hydrogen-bond donors (Lipinski definition) is 1. The van der Waals surface area contributed by atoms with Gasteiger partial charge in [0, 0.05) is 32.3 Å². The van der Waals surface area contributed by atoms with E-state index in [9.17, 15) is 4.79 Å². The maximum absolute atomic E-state index is 11.9. The van der Waals surface area contributed by atoms with Gasteiger partial charge in [-0.2, -0.15) is 0 Å². The number of likely N-dealkylation sites (tertiary alicyclic amines) is 1. The topological polar surface area (TPSA) is 41.6 Å². The standard InChI is InChI=1S/C17H32N2O2/c1-3-21-14(2)17(20)18-16-9-11-19(12-10-16)13-15-7-5-4-6-8-15/h14-16H,3-13H2,1-2H3,(H,18,20). The van der Waals surface area contributed by atoms with Crippen LogP contribution in [0.1, 0.15) is 58.8 Å². The van der Waals surface area contributed by atoms with Gasteiger partial charge < -0.3 is 15.0 Å². The van der Waals surface area contributed by atoms with Crippen LogP contribution in [0.4, 0.5) is 0 Å². The van der Waals surface area contributed by atoms with Gasteiger partial charge in [0.05, 0.1) is 0 Å². The maximum Gasteiger partial charge on any atom is 0.249 e. The first-order chi connectivity index (χ1) is 10.2. The lowest BCUT2D eigenvalue weighted by atomic mass is 9.88. The Morgan fingerprint density at radius 2 is 1.86 bits per heavy atom. The van der Waals surface area contributed by atoms with Crippen LogP contribution in [0.3, 0.4) is 0 Å². The summed E-state index contributed by atoms with van der Waals surface area (Å²) >= 11 is 0. The summed E-state index contributed by atoms with van der Waals surface area (Å²) in [5, 5.41) is 3.14. The van der Waals surface area contributed by atoms with E-state index in [2.05, 4.69) is 10.2 Å². The normalized spacial score (nSPS) is 23.9. The average molecular weight is 296 g/mol. The summed E-state index contributed by atoms with van der Waals surface area (Å²) in [4.78, 5) is 14.6. The fourth-order valence-corrected chi connectivity index (χ4v) is 3.64. The third-order valence-electron chi connectivity index (χ3n) is 4.96. The van der Waals surface area contributed by atoms with E-state index >= 15 is 0 Å². The average Bonchev–Trinajstić information content (AvgIpc) is 2.50. The van der Waals surface area contributed by atoms with Crippen LogP contribution in [0.5, 0.6) is 0 Å². The number of piperidine rings is 1. The van der Waals surface area contributed by atoms with Gasteiger partial charge in [0.15, 0.2) is 0 Å². The lowest BCUT2D eigenvalue weighted by Gasteiger charge is -2.35. The van der Waals surface area contributed by atoms with Gasteiger partial charge in [-0.1, -0.05) is 19.3 Å². The van der Waals surface area contributed by atoms with Gasteiger partial charge in [-0.3, -0.25) is 4.79 Å². The molecule has 4 nitrogen and oxygen atoms in total. The molecule has 1 aliphatic heterocycles. The number of ether oxygens (including phenoxy) is 1. The molecule has 1 amide bonds. The molecule has 0 aromatic carbocycles. The first-order valence-electron chi connectivity index (χ1n) is 8.83. The number of hydrogen-bond acceptors (Lipinski definition) is 3. The Morgan fingerprint density at radius 3 is 2.48 bits per heavy atom. The molecular weight excluding hydrogens is 264 g/mol. The highest BCUT2D eigenvalue weighted by molar-refractivity contribution is 5.80. The zero-order chi connectivity index (χ0) is 15.1. The molecule has 1 saturated heterocycles. The molecule has 21 heavy (non-hydrogen) atoms. The Labute approximate surface area is 129 Å². The second kappa shape index (κ2) is 8.74. The molecule has 1 saturated carbocycles. The molecule has 1 atom stereocenters. The van der Waals surface area contributed by atoms with Gasteiger partial charge in [-0.25, -0.2) is 0 Å². The Balaban J connectivity index is 1.64. The van der Waals surface area contributed by atoms with E-state index in [0.717, 1.165) is 31.8 Å². The highest BCUT2D eigenvalue weighted by Crippen LogP contribution is 2.25. The van der Waals surface area contributed by atoms with Gasteiger partial charge in [-0.05, 0) is 45.4 Å². The summed E-state index contributed by atoms with van der Waals surface area (Å²) in [5.41, 5.74) is 0. The fraction of sp³-hybridized carbons (Fsp3) is 0.941. The molecule has 1 unspecified atom stereocenters. The summed E-state index contributed by atoms with van der Waals surface area (Å²) in [5.74, 6) is 0.963. The number of rotatable bonds is 6. The van der Waals surface area contributed by atoms with Crippen LogP contribution >= 0.6 is 0 Å². The van der Waals surface area contributed by atoms with Crippen LogP contribution in [0.2, 0.25) is 0 Å². The molecule has 0 aromatic rings. The van der Waals surface area contributed by atoms with Crippen LogP contribution in [-0.4, -0.2) is 49.2 Å². The summed E-state index contributed by atoms with van der Waals surface area (Å²) < 4.78 is 5.34. The second-order valence-electron chi connectivity index (χ2n) is 6.69. The lowest BCUT2D eigenvalue weighted by molar-refractivity contribution is -0.132. The Morgan fingerprint density at radius 1 is 1.19 bits per heavy atom. The van der Waals surface area contributed by atoms with Crippen molar-refractivity contribution in [2.24, 2.45) is 5.92 Å². The molecule has 2 fully saturated rings. The third-order valence-corrected chi connectivity index (χ3v) is 4.96. The molecule has 0 aromatic heterocycles. The maximum atomic E-state index is 11.9. The van der Waals surface area contributed by atoms with Crippen molar-refractivity contribution in [2.45, 2.75) is 70.9 Å². The zero-order valence-electron chi connectivity index (χ0n) is 13.8. The van der Waals surface area contributed by atoms with Crippen molar-refractivity contribution in [1.29, 1.82) is 0 Å². The van der Waals surface area contributed by atoms with Crippen LogP contribution in [0.15, 0.2) is 0 Å². The Bertz CT molecular complexity index is 308. The lowest BCUT2D eigenvalue weighted by Crippen LogP contribution is -2.48. The third kappa shape index (κ3) is 5.59. The Hall–Kier alpha value is -0.610. The second-order valence-corrected chi connectivity index (χ2v) is 6.69. The van der Waals surface area contributed by atoms with E-state index in [-0.39, 0.29) is 12.0 Å². The fourth-order valence-electron chi connectivity index (χ4n) is 3.64. The summed E-state index contributed by atoms with van der Waals surface area (Å²) in [6.45, 7) is 7.88. The molecular formula is C17H32N2O2. The van der Waals surface area contributed by atoms with Crippen LogP contribution in [-0.2, 0) is 9.53 Å². The minimum atomic E-state index is -0.324. The molecule has 1 heterocycles. The van der Waals surface area contributed by atoms with E-state index in [1.165, 1.54) is 38.6 Å². The van der Waals surface area contributed by atoms with Crippen molar-refractivity contribution in [3.63, 3.8) is 0 Å². The van der Waals surface area contributed by atoms with Crippen molar-refractivity contribution in [2.75, 3.05) is 26.2 Å². The number of nitrogens with zero attached hydrogens (tertiary/aromatic N) is 1. The predicted molar refractivity (Wildman–Crippen MR) is 85.3 cm³/mol. The van der Waals surface area contributed by atoms with Gasteiger partial charge in [0.2, 0.25) is 5.91 Å². The highest BCUT2D eigenvalue weighted by Gasteiger charge is 2.24. The van der Waals surface area contributed by atoms with E-state index < -0.39 is 0 Å². The van der Waals surface area contributed by atoms with Crippen molar-refractivity contribution in [1.82, 2.24) is 10.2 Å². The van der Waals surface area contributed by atoms with Crippen molar-refractivity contribution in [3.05, 3.63) is 0 Å². The summed E-state index contributed by atoms with van der Waals surface area (Å²) in [7, 11) is 0. The summed E-state index contributed by atoms with van der Waals surface area (Å²) in [6.07, 6.45) is 8.96. The molecule has 0 bridgehead atoms.